The maximum absolute atomic E-state index is 13.7. The Bertz CT molecular complexity index is 1430. The Morgan fingerprint density at radius 1 is 1.09 bits per heavy atom. The topological polar surface area (TPSA) is 79.1 Å². The zero-order valence-electron chi connectivity index (χ0n) is 19.7. The molecule has 0 saturated heterocycles. The normalized spacial score (nSPS) is 15.7. The van der Waals surface area contributed by atoms with Gasteiger partial charge in [-0.25, -0.2) is 9.79 Å². The van der Waals surface area contributed by atoms with Gasteiger partial charge in [0.2, 0.25) is 0 Å². The lowest BCUT2D eigenvalue weighted by molar-refractivity contribution is -0.143. The van der Waals surface area contributed by atoms with Gasteiger partial charge in [0.25, 0.3) is 5.56 Å². The van der Waals surface area contributed by atoms with Crippen LogP contribution in [0, 0.1) is 0 Å². The summed E-state index contributed by atoms with van der Waals surface area (Å²) in [6.07, 6.45) is 1.48. The molecule has 2 heterocycles. The molecule has 1 aliphatic heterocycles. The molecule has 1 aliphatic rings. The van der Waals surface area contributed by atoms with Gasteiger partial charge in [-0.2, -0.15) is 0 Å². The highest BCUT2D eigenvalue weighted by Gasteiger charge is 2.33. The number of methoxy groups -OCH3 is 2. The molecule has 0 saturated carbocycles. The number of thiazole rings is 1. The van der Waals surface area contributed by atoms with Gasteiger partial charge in [-0.3, -0.25) is 9.36 Å². The molecule has 0 spiro atoms. The third-order valence-corrected chi connectivity index (χ3v) is 6.42. The molecule has 8 heteroatoms. The van der Waals surface area contributed by atoms with E-state index in [0.29, 0.717) is 32.1 Å². The molecule has 0 amide bonds. The van der Waals surface area contributed by atoms with E-state index in [0.717, 1.165) is 11.1 Å². The fourth-order valence-corrected chi connectivity index (χ4v) is 4.93. The van der Waals surface area contributed by atoms with Crippen LogP contribution in [0.3, 0.4) is 0 Å². The lowest BCUT2D eigenvalue weighted by Crippen LogP contribution is -2.40. The Kier molecular flexibility index (Phi) is 6.70. The Morgan fingerprint density at radius 2 is 1.79 bits per heavy atom. The predicted octanol–water partition coefficient (Wildman–Crippen LogP) is 3.20. The number of esters is 1. The first-order chi connectivity index (χ1) is 16.3. The lowest BCUT2D eigenvalue weighted by atomic mass is 9.96. The van der Waals surface area contributed by atoms with Crippen molar-refractivity contribution in [3.05, 3.63) is 90.6 Å². The van der Waals surface area contributed by atoms with Crippen LogP contribution in [0.15, 0.2) is 69.6 Å². The summed E-state index contributed by atoms with van der Waals surface area (Å²) in [4.78, 5) is 31.9. The van der Waals surface area contributed by atoms with E-state index in [1.807, 2.05) is 36.4 Å². The van der Waals surface area contributed by atoms with Crippen LogP contribution in [0.5, 0.6) is 11.5 Å². The predicted molar refractivity (Wildman–Crippen MR) is 131 cm³/mol. The summed E-state index contributed by atoms with van der Waals surface area (Å²) >= 11 is 1.28. The van der Waals surface area contributed by atoms with Crippen molar-refractivity contribution >= 4 is 23.4 Å². The molecule has 1 aromatic heterocycles. The van der Waals surface area contributed by atoms with Gasteiger partial charge in [-0.05, 0) is 50.6 Å². The highest BCUT2D eigenvalue weighted by atomic mass is 32.1. The molecular weight excluding hydrogens is 452 g/mol. The van der Waals surface area contributed by atoms with E-state index < -0.39 is 12.0 Å². The number of allylic oxidation sites excluding steroid dienone is 1. The first kappa shape index (κ1) is 23.5. The molecule has 3 aromatic rings. The van der Waals surface area contributed by atoms with Gasteiger partial charge in [-0.1, -0.05) is 41.7 Å². The molecule has 0 aliphatic carbocycles. The van der Waals surface area contributed by atoms with Gasteiger partial charge < -0.3 is 14.2 Å². The van der Waals surface area contributed by atoms with Crippen LogP contribution in [-0.2, 0) is 9.53 Å². The molecule has 0 radical (unpaired) electrons. The van der Waals surface area contributed by atoms with Crippen molar-refractivity contribution in [3.8, 4) is 11.5 Å². The molecule has 0 fully saturated rings. The van der Waals surface area contributed by atoms with E-state index in [4.69, 9.17) is 14.2 Å². The summed E-state index contributed by atoms with van der Waals surface area (Å²) < 4.78 is 18.3. The Balaban J connectivity index is 1.95. The molecule has 2 aromatic carbocycles. The number of carbonyl (C=O) groups is 1. The summed E-state index contributed by atoms with van der Waals surface area (Å²) in [6, 6.07) is 14.1. The number of hydrogen-bond donors (Lipinski definition) is 0. The summed E-state index contributed by atoms with van der Waals surface area (Å²) in [5, 5.41) is 0. The third kappa shape index (κ3) is 4.41. The minimum absolute atomic E-state index is 0.238. The minimum Gasteiger partial charge on any atom is -0.497 e. The quantitative estimate of drug-likeness (QED) is 0.509. The van der Waals surface area contributed by atoms with Crippen molar-refractivity contribution in [2.45, 2.75) is 32.9 Å². The number of carbonyl (C=O) groups excluding carboxylic acids is 1. The molecule has 34 heavy (non-hydrogen) atoms. The summed E-state index contributed by atoms with van der Waals surface area (Å²) in [6.45, 7) is 5.35. The minimum atomic E-state index is -0.673. The first-order valence-corrected chi connectivity index (χ1v) is 11.7. The zero-order chi connectivity index (χ0) is 24.4. The monoisotopic (exact) mass is 478 g/mol. The van der Waals surface area contributed by atoms with Gasteiger partial charge >= 0.3 is 5.97 Å². The van der Waals surface area contributed by atoms with Crippen LogP contribution in [0.1, 0.15) is 37.9 Å². The Morgan fingerprint density at radius 3 is 2.44 bits per heavy atom. The highest BCUT2D eigenvalue weighted by Crippen LogP contribution is 2.32. The first-order valence-electron chi connectivity index (χ1n) is 10.8. The number of rotatable bonds is 6. The van der Waals surface area contributed by atoms with Crippen molar-refractivity contribution in [2.75, 3.05) is 14.2 Å². The van der Waals surface area contributed by atoms with Crippen molar-refractivity contribution in [3.63, 3.8) is 0 Å². The lowest BCUT2D eigenvalue weighted by Gasteiger charge is -2.25. The Hall–Kier alpha value is -3.65. The van der Waals surface area contributed by atoms with Crippen LogP contribution >= 0.6 is 11.3 Å². The largest absolute Gasteiger partial charge is 0.497 e. The number of para-hydroxylation sites is 1. The van der Waals surface area contributed by atoms with E-state index in [1.165, 1.54) is 11.3 Å². The number of nitrogens with zero attached hydrogens (tertiary/aromatic N) is 2. The van der Waals surface area contributed by atoms with Crippen LogP contribution in [0.2, 0.25) is 0 Å². The van der Waals surface area contributed by atoms with Crippen molar-refractivity contribution < 1.29 is 19.0 Å². The zero-order valence-corrected chi connectivity index (χ0v) is 20.5. The number of ether oxygens (including phenoxy) is 3. The molecule has 0 bridgehead atoms. The fourth-order valence-electron chi connectivity index (χ4n) is 3.89. The van der Waals surface area contributed by atoms with Crippen molar-refractivity contribution in [1.82, 2.24) is 4.57 Å². The maximum atomic E-state index is 13.7. The van der Waals surface area contributed by atoms with Crippen LogP contribution < -0.4 is 24.4 Å². The van der Waals surface area contributed by atoms with Crippen molar-refractivity contribution in [2.24, 2.45) is 4.99 Å². The number of benzene rings is 2. The fraction of sp³-hybridized carbons (Fsp3) is 0.269. The third-order valence-electron chi connectivity index (χ3n) is 5.44. The molecule has 0 unspecified atom stereocenters. The van der Waals surface area contributed by atoms with Crippen molar-refractivity contribution in [1.29, 1.82) is 0 Å². The van der Waals surface area contributed by atoms with Gasteiger partial charge in [0.1, 0.15) is 11.5 Å². The van der Waals surface area contributed by atoms with Crippen LogP contribution in [-0.4, -0.2) is 30.9 Å². The standard InChI is InChI=1S/C26H26N2O5S/c1-15(2)33-25(30)22-16(3)27-26-28(23(22)17-10-12-19(31-4)13-11-17)24(29)21(34-26)14-18-8-6-7-9-20(18)32-5/h6-15,23H,1-5H3/b21-14+/t23-/m0/s1. The summed E-state index contributed by atoms with van der Waals surface area (Å²) in [7, 11) is 3.18. The van der Waals surface area contributed by atoms with E-state index in [-0.39, 0.29) is 11.7 Å². The second-order valence-corrected chi connectivity index (χ2v) is 9.06. The second-order valence-electron chi connectivity index (χ2n) is 8.05. The number of hydrogen-bond acceptors (Lipinski definition) is 7. The molecule has 176 valence electrons. The van der Waals surface area contributed by atoms with Gasteiger partial charge in [0, 0.05) is 5.56 Å². The Labute approximate surface area is 201 Å². The second kappa shape index (κ2) is 9.69. The van der Waals surface area contributed by atoms with Crippen LogP contribution in [0.4, 0.5) is 0 Å². The molecular formula is C26H26N2O5S. The highest BCUT2D eigenvalue weighted by molar-refractivity contribution is 7.07. The average Bonchev–Trinajstić information content (AvgIpc) is 3.12. The number of fused-ring (bicyclic) bond motifs is 1. The maximum Gasteiger partial charge on any atom is 0.338 e. The smallest absolute Gasteiger partial charge is 0.338 e. The van der Waals surface area contributed by atoms with Gasteiger partial charge in [0.05, 0.1) is 42.2 Å². The van der Waals surface area contributed by atoms with E-state index in [9.17, 15) is 9.59 Å². The molecule has 0 N–H and O–H groups in total. The molecule has 1 atom stereocenters. The summed E-state index contributed by atoms with van der Waals surface area (Å²) in [5.41, 5.74) is 2.17. The number of aromatic nitrogens is 1. The van der Waals surface area contributed by atoms with E-state index >= 15 is 0 Å². The SMILES string of the molecule is COc1ccc([C@H]2C(C(=O)OC(C)C)=C(C)N=c3s/c(=C/c4ccccc4OC)c(=O)n32)cc1. The van der Waals surface area contributed by atoms with E-state index in [1.54, 1.807) is 57.8 Å². The molecule has 7 nitrogen and oxygen atoms in total. The van der Waals surface area contributed by atoms with Gasteiger partial charge in [0.15, 0.2) is 4.80 Å². The summed E-state index contributed by atoms with van der Waals surface area (Å²) in [5.74, 6) is 0.854. The molecule has 4 rings (SSSR count). The average molecular weight is 479 g/mol. The van der Waals surface area contributed by atoms with E-state index in [2.05, 4.69) is 4.99 Å². The van der Waals surface area contributed by atoms with Gasteiger partial charge in [-0.15, -0.1) is 0 Å². The van der Waals surface area contributed by atoms with Crippen LogP contribution in [0.25, 0.3) is 6.08 Å².